The lowest BCUT2D eigenvalue weighted by molar-refractivity contribution is -0.192. The lowest BCUT2D eigenvalue weighted by Crippen LogP contribution is -2.21. The molecule has 0 bridgehead atoms. The first-order valence-electron chi connectivity index (χ1n) is 12.4. The number of hydrogen-bond donors (Lipinski definition) is 3. The van der Waals surface area contributed by atoms with E-state index in [1.54, 1.807) is 7.11 Å². The molecule has 5 rings (SSSR count). The van der Waals surface area contributed by atoms with Crippen LogP contribution >= 0.6 is 0 Å². The van der Waals surface area contributed by atoms with Crippen molar-refractivity contribution in [1.82, 2.24) is 15.1 Å². The summed E-state index contributed by atoms with van der Waals surface area (Å²) < 4.78 is 37.1. The number of methoxy groups -OCH3 is 1. The number of H-pyrrole nitrogens is 1. The number of benzene rings is 3. The Kier molecular flexibility index (Phi) is 8.58. The summed E-state index contributed by atoms with van der Waals surface area (Å²) in [5, 5.41) is 18.7. The molecule has 212 valence electrons. The zero-order valence-electron chi connectivity index (χ0n) is 22.4. The number of ether oxygens (including phenoxy) is 1. The molecule has 1 aromatic heterocycles. The van der Waals surface area contributed by atoms with Gasteiger partial charge < -0.3 is 20.1 Å². The van der Waals surface area contributed by atoms with Gasteiger partial charge in [-0.25, -0.2) is 4.79 Å². The van der Waals surface area contributed by atoms with Gasteiger partial charge in [-0.15, -0.1) is 0 Å². The van der Waals surface area contributed by atoms with E-state index in [0.29, 0.717) is 11.3 Å². The number of carboxylic acids is 1. The average Bonchev–Trinajstić information content (AvgIpc) is 3.47. The van der Waals surface area contributed by atoms with Gasteiger partial charge in [-0.2, -0.15) is 18.3 Å². The standard InChI is InChI=1S/C28H26N4O2.C2HF3O2/c1-32(2)17-19-6-4-18(5-7-19)9-12-26-22-11-8-20(15-27(22)31-30-26)14-24-23-16-21(34-3)10-13-25(23)29-28(24)33;3-2(4,5)1(6)7/h4-16H,17H2,1-3H3,(H,29,33)(H,30,31);(H,6,7)/b12-9+,24-14+;. The number of aromatic amines is 1. The minimum Gasteiger partial charge on any atom is -0.497 e. The SMILES string of the molecule is COc1ccc2c(c1)/C(=C\c1ccc3c(/C=C/c4ccc(CN(C)C)cc4)n[nH]c3c1)C(=O)N2.O=C(O)C(F)(F)F. The fourth-order valence-corrected chi connectivity index (χ4v) is 4.15. The number of alkyl halides is 3. The molecule has 1 aliphatic heterocycles. The number of halogens is 3. The van der Waals surface area contributed by atoms with Gasteiger partial charge in [0.1, 0.15) is 5.75 Å². The van der Waals surface area contributed by atoms with E-state index in [2.05, 4.69) is 64.9 Å². The Morgan fingerprint density at radius 3 is 2.34 bits per heavy atom. The minimum atomic E-state index is -5.08. The van der Waals surface area contributed by atoms with E-state index in [1.165, 1.54) is 5.56 Å². The number of nitrogens with zero attached hydrogens (tertiary/aromatic N) is 2. The third-order valence-electron chi connectivity index (χ3n) is 6.09. The zero-order valence-corrected chi connectivity index (χ0v) is 22.4. The highest BCUT2D eigenvalue weighted by Gasteiger charge is 2.38. The molecule has 1 aliphatic rings. The maximum atomic E-state index is 12.5. The van der Waals surface area contributed by atoms with Gasteiger partial charge in [-0.1, -0.05) is 36.4 Å². The summed E-state index contributed by atoms with van der Waals surface area (Å²) >= 11 is 0. The van der Waals surface area contributed by atoms with E-state index in [1.807, 2.05) is 48.6 Å². The largest absolute Gasteiger partial charge is 0.497 e. The van der Waals surface area contributed by atoms with Gasteiger partial charge in [0.2, 0.25) is 0 Å². The number of hydrogen-bond acceptors (Lipinski definition) is 5. The van der Waals surface area contributed by atoms with Crippen molar-refractivity contribution in [1.29, 1.82) is 0 Å². The fourth-order valence-electron chi connectivity index (χ4n) is 4.15. The van der Waals surface area contributed by atoms with Crippen molar-refractivity contribution in [2.75, 3.05) is 26.5 Å². The summed E-state index contributed by atoms with van der Waals surface area (Å²) in [7, 11) is 5.75. The Hall–Kier alpha value is -4.90. The van der Waals surface area contributed by atoms with Crippen LogP contribution in [-0.2, 0) is 16.1 Å². The number of fused-ring (bicyclic) bond motifs is 2. The number of carbonyl (C=O) groups is 2. The highest BCUT2D eigenvalue weighted by molar-refractivity contribution is 6.35. The van der Waals surface area contributed by atoms with E-state index >= 15 is 0 Å². The van der Waals surface area contributed by atoms with Crippen molar-refractivity contribution >= 4 is 52.3 Å². The Morgan fingerprint density at radius 2 is 1.71 bits per heavy atom. The summed E-state index contributed by atoms with van der Waals surface area (Å²) in [5.74, 6) is -2.16. The molecule has 3 aromatic carbocycles. The van der Waals surface area contributed by atoms with Crippen LogP contribution in [0.25, 0.3) is 34.7 Å². The van der Waals surface area contributed by atoms with Gasteiger partial charge in [0, 0.05) is 28.8 Å². The molecule has 0 atom stereocenters. The van der Waals surface area contributed by atoms with Crippen molar-refractivity contribution < 1.29 is 32.6 Å². The zero-order chi connectivity index (χ0) is 29.7. The van der Waals surface area contributed by atoms with E-state index in [0.717, 1.165) is 45.5 Å². The molecular weight excluding hydrogens is 537 g/mol. The number of aromatic nitrogens is 2. The lowest BCUT2D eigenvalue weighted by Gasteiger charge is -2.09. The molecule has 11 heteroatoms. The van der Waals surface area contributed by atoms with Crippen LogP contribution in [0.5, 0.6) is 5.75 Å². The molecule has 0 aliphatic carbocycles. The third-order valence-corrected chi connectivity index (χ3v) is 6.09. The first-order chi connectivity index (χ1) is 19.4. The van der Waals surface area contributed by atoms with E-state index in [-0.39, 0.29) is 5.91 Å². The smallest absolute Gasteiger partial charge is 0.490 e. The van der Waals surface area contributed by atoms with Crippen LogP contribution in [0.1, 0.15) is 27.9 Å². The van der Waals surface area contributed by atoms with Crippen LogP contribution in [0.4, 0.5) is 18.9 Å². The Morgan fingerprint density at radius 1 is 1.02 bits per heavy atom. The number of aliphatic carboxylic acids is 1. The molecule has 41 heavy (non-hydrogen) atoms. The van der Waals surface area contributed by atoms with E-state index in [9.17, 15) is 18.0 Å². The van der Waals surface area contributed by atoms with E-state index in [4.69, 9.17) is 14.6 Å². The monoisotopic (exact) mass is 564 g/mol. The highest BCUT2D eigenvalue weighted by Crippen LogP contribution is 2.36. The second-order valence-electron chi connectivity index (χ2n) is 9.45. The number of amides is 1. The van der Waals surface area contributed by atoms with Gasteiger partial charge >= 0.3 is 12.1 Å². The minimum absolute atomic E-state index is 0.117. The quantitative estimate of drug-likeness (QED) is 0.251. The van der Waals surface area contributed by atoms with Crippen molar-refractivity contribution in [3.8, 4) is 5.75 Å². The van der Waals surface area contributed by atoms with Crippen molar-refractivity contribution in [3.63, 3.8) is 0 Å². The Labute approximate surface area is 233 Å². The predicted molar refractivity (Wildman–Crippen MR) is 152 cm³/mol. The van der Waals surface area contributed by atoms with Crippen LogP contribution in [0.3, 0.4) is 0 Å². The van der Waals surface area contributed by atoms with Gasteiger partial charge in [-0.05, 0) is 73.3 Å². The normalized spacial score (nSPS) is 13.8. The van der Waals surface area contributed by atoms with Gasteiger partial charge in [0.25, 0.3) is 5.91 Å². The lowest BCUT2D eigenvalue weighted by atomic mass is 10.0. The number of rotatable bonds is 6. The van der Waals surface area contributed by atoms with Crippen LogP contribution in [0, 0.1) is 0 Å². The molecule has 8 nitrogen and oxygen atoms in total. The predicted octanol–water partition coefficient (Wildman–Crippen LogP) is 5.93. The summed E-state index contributed by atoms with van der Waals surface area (Å²) in [4.78, 5) is 23.6. The molecule has 2 heterocycles. The summed E-state index contributed by atoms with van der Waals surface area (Å²) in [5.41, 5.74) is 7.37. The maximum Gasteiger partial charge on any atom is 0.490 e. The number of anilines is 1. The highest BCUT2D eigenvalue weighted by atomic mass is 19.4. The molecule has 0 saturated heterocycles. The second kappa shape index (κ2) is 12.1. The van der Waals surface area contributed by atoms with Gasteiger partial charge in [0.05, 0.1) is 18.3 Å². The summed E-state index contributed by atoms with van der Waals surface area (Å²) in [6.07, 6.45) is 0.897. The van der Waals surface area contributed by atoms with Gasteiger partial charge in [0.15, 0.2) is 0 Å². The molecule has 0 saturated carbocycles. The molecule has 0 fully saturated rings. The number of carbonyl (C=O) groups excluding carboxylic acids is 1. The first-order valence-corrected chi connectivity index (χ1v) is 12.4. The number of carboxylic acid groups (broad SMARTS) is 1. The van der Waals surface area contributed by atoms with Crippen LogP contribution in [-0.4, -0.2) is 59.5 Å². The van der Waals surface area contributed by atoms with Crippen LogP contribution < -0.4 is 10.1 Å². The van der Waals surface area contributed by atoms with Crippen molar-refractivity contribution in [3.05, 3.63) is 88.6 Å². The fraction of sp³-hybridized carbons (Fsp3) is 0.167. The van der Waals surface area contributed by atoms with E-state index < -0.39 is 12.1 Å². The third kappa shape index (κ3) is 7.20. The maximum absolute atomic E-state index is 12.5. The molecule has 0 unspecified atom stereocenters. The molecule has 1 amide bonds. The summed E-state index contributed by atoms with van der Waals surface area (Å²) in [6, 6.07) is 20.2. The Bertz CT molecular complexity index is 1640. The van der Waals surface area contributed by atoms with Crippen molar-refractivity contribution in [2.45, 2.75) is 12.7 Å². The summed E-state index contributed by atoms with van der Waals surface area (Å²) in [6.45, 7) is 0.924. The number of nitrogens with one attached hydrogen (secondary N) is 2. The van der Waals surface area contributed by atoms with Gasteiger partial charge in [-0.3, -0.25) is 9.89 Å². The van der Waals surface area contributed by atoms with Crippen LogP contribution in [0.2, 0.25) is 0 Å². The van der Waals surface area contributed by atoms with Crippen LogP contribution in [0.15, 0.2) is 60.7 Å². The van der Waals surface area contributed by atoms with Crippen molar-refractivity contribution in [2.24, 2.45) is 0 Å². The molecule has 0 spiro atoms. The first kappa shape index (κ1) is 29.1. The second-order valence-corrected chi connectivity index (χ2v) is 9.45. The average molecular weight is 565 g/mol. The molecular formula is C30H27F3N4O4. The molecule has 0 radical (unpaired) electrons. The molecule has 4 aromatic rings. The Balaban J connectivity index is 0.000000493. The molecule has 3 N–H and O–H groups in total. The topological polar surface area (TPSA) is 108 Å².